The van der Waals surface area contributed by atoms with Gasteiger partial charge < -0.3 is 34.6 Å². The fourth-order valence-electron chi connectivity index (χ4n) is 7.24. The molecule has 0 radical (unpaired) electrons. The van der Waals surface area contributed by atoms with Gasteiger partial charge in [0.15, 0.2) is 0 Å². The van der Waals surface area contributed by atoms with Crippen molar-refractivity contribution in [3.8, 4) is 0 Å². The summed E-state index contributed by atoms with van der Waals surface area (Å²) in [5, 5.41) is 13.3. The lowest BCUT2D eigenvalue weighted by Gasteiger charge is -2.39. The Hall–Kier alpha value is -3.70. The first-order valence-corrected chi connectivity index (χ1v) is 16.2. The summed E-state index contributed by atoms with van der Waals surface area (Å²) in [5.74, 6) is -3.80. The maximum atomic E-state index is 14.7. The van der Waals surface area contributed by atoms with Crippen molar-refractivity contribution >= 4 is 35.1 Å². The van der Waals surface area contributed by atoms with Crippen LogP contribution in [-0.2, 0) is 28.7 Å². The highest BCUT2D eigenvalue weighted by atomic mass is 16.6. The van der Waals surface area contributed by atoms with Gasteiger partial charge in [0.2, 0.25) is 11.8 Å². The van der Waals surface area contributed by atoms with Crippen LogP contribution in [-0.4, -0.2) is 96.4 Å². The minimum atomic E-state index is -1.47. The highest BCUT2D eigenvalue weighted by molar-refractivity contribution is 6.05. The molecule has 7 atom stereocenters. The Morgan fingerprint density at radius 2 is 1.78 bits per heavy atom. The van der Waals surface area contributed by atoms with Crippen LogP contribution in [0.1, 0.15) is 47.5 Å². The number of rotatable bonds is 7. The van der Waals surface area contributed by atoms with Gasteiger partial charge in [-0.25, -0.2) is 0 Å². The van der Waals surface area contributed by atoms with Gasteiger partial charge in [-0.3, -0.25) is 19.2 Å². The number of nitrogens with zero attached hydrogens (tertiary/aromatic N) is 3. The van der Waals surface area contributed by atoms with Gasteiger partial charge in [0.05, 0.1) is 31.2 Å². The molecule has 11 heteroatoms. The van der Waals surface area contributed by atoms with E-state index in [-0.39, 0.29) is 43.8 Å². The minimum absolute atomic E-state index is 0.144. The molecule has 4 heterocycles. The Morgan fingerprint density at radius 3 is 2.42 bits per heavy atom. The number of allylic oxidation sites excluding steroid dienone is 1. The number of likely N-dealkylation sites (tertiary alicyclic amines) is 1. The first-order valence-electron chi connectivity index (χ1n) is 16.2. The van der Waals surface area contributed by atoms with E-state index in [0.29, 0.717) is 12.1 Å². The molecule has 0 saturated carbocycles. The highest BCUT2D eigenvalue weighted by Crippen LogP contribution is 2.54. The summed E-state index contributed by atoms with van der Waals surface area (Å²) in [6, 6.07) is 5.97. The molecule has 5 rings (SSSR count). The number of nitrogens with one attached hydrogen (secondary N) is 1. The van der Waals surface area contributed by atoms with Gasteiger partial charge in [-0.1, -0.05) is 38.2 Å². The fraction of sp³-hybridized carbons (Fsp3) is 0.588. The number of fused-ring (bicyclic) bond motifs is 2. The standard InChI is InChI=1S/C34H46N4O7/c1-6-36(7-2)23-13-15-24(16-14-23)37-18-10-17-34-29(31(41)38(30(34)32(37)42)25(20-39)21(3)4)28-26(45-34)11-8-9-12-27(40)35-19-22(5)44-33(28)43/h8,10-11,13-17,21-22,25-26,28-30,39H,6-7,9,12,18-20H2,1-5H3,(H,35,40)/b11-8-/t22-,25-,26-,28+,29+,30-,34+/m0/s1. The van der Waals surface area contributed by atoms with Crippen LogP contribution in [0, 0.1) is 17.8 Å². The smallest absolute Gasteiger partial charge is 0.313 e. The Morgan fingerprint density at radius 1 is 1.07 bits per heavy atom. The summed E-state index contributed by atoms with van der Waals surface area (Å²) in [5.41, 5.74) is 0.247. The average Bonchev–Trinajstić information content (AvgIpc) is 3.40. The number of ether oxygens (including phenoxy) is 2. The molecule has 244 valence electrons. The number of benzene rings is 1. The van der Waals surface area contributed by atoms with E-state index in [1.54, 1.807) is 30.1 Å². The monoisotopic (exact) mass is 622 g/mol. The van der Waals surface area contributed by atoms with Gasteiger partial charge in [-0.05, 0) is 57.4 Å². The van der Waals surface area contributed by atoms with Crippen molar-refractivity contribution in [1.82, 2.24) is 10.2 Å². The van der Waals surface area contributed by atoms with Crippen LogP contribution in [0.2, 0.25) is 0 Å². The Balaban J connectivity index is 1.59. The van der Waals surface area contributed by atoms with E-state index in [4.69, 9.17) is 9.47 Å². The molecule has 2 N–H and O–H groups in total. The quantitative estimate of drug-likeness (QED) is 0.351. The van der Waals surface area contributed by atoms with Gasteiger partial charge in [-0.15, -0.1) is 0 Å². The lowest BCUT2D eigenvalue weighted by Crippen LogP contribution is -2.59. The van der Waals surface area contributed by atoms with E-state index >= 15 is 0 Å². The second kappa shape index (κ2) is 13.3. The summed E-state index contributed by atoms with van der Waals surface area (Å²) in [6.07, 6.45) is 6.30. The molecule has 1 spiro atoms. The molecule has 0 bridgehead atoms. The predicted octanol–water partition coefficient (Wildman–Crippen LogP) is 2.43. The molecule has 45 heavy (non-hydrogen) atoms. The summed E-state index contributed by atoms with van der Waals surface area (Å²) < 4.78 is 12.5. The second-order valence-electron chi connectivity index (χ2n) is 12.6. The number of aliphatic hydroxyl groups excluding tert-OH is 1. The Labute approximate surface area is 265 Å². The lowest BCUT2D eigenvalue weighted by atomic mass is 9.78. The molecule has 2 fully saturated rings. The lowest BCUT2D eigenvalue weighted by molar-refractivity contribution is -0.159. The molecule has 11 nitrogen and oxygen atoms in total. The number of esters is 1. The van der Waals surface area contributed by atoms with E-state index in [2.05, 4.69) is 24.1 Å². The maximum Gasteiger partial charge on any atom is 0.313 e. The maximum absolute atomic E-state index is 14.7. The molecule has 1 aromatic rings. The summed E-state index contributed by atoms with van der Waals surface area (Å²) >= 11 is 0. The third-order valence-corrected chi connectivity index (χ3v) is 9.58. The molecule has 0 aliphatic carbocycles. The normalized spacial score (nSPS) is 31.7. The van der Waals surface area contributed by atoms with Crippen molar-refractivity contribution in [2.24, 2.45) is 17.8 Å². The van der Waals surface area contributed by atoms with Crippen molar-refractivity contribution in [3.63, 3.8) is 0 Å². The summed E-state index contributed by atoms with van der Waals surface area (Å²) in [4.78, 5) is 60.7. The van der Waals surface area contributed by atoms with E-state index in [0.717, 1.165) is 18.8 Å². The van der Waals surface area contributed by atoms with Gasteiger partial charge in [0.25, 0.3) is 5.91 Å². The molecular formula is C34H46N4O7. The number of carbonyl (C=O) groups is 4. The molecule has 4 aliphatic heterocycles. The van der Waals surface area contributed by atoms with Gasteiger partial charge in [0.1, 0.15) is 23.7 Å². The van der Waals surface area contributed by atoms with Crippen LogP contribution in [0.5, 0.6) is 0 Å². The SMILES string of the molecule is CCN(CC)c1ccc(N2CC=C[C@@]34O[C@H]5/C=C\CCC(=O)NC[C@H](C)OC(=O)[C@H]5[C@@H]3C(=O)N([C@@H](CO)C(C)C)[C@H]4C2=O)cc1. The number of aliphatic hydroxyl groups is 1. The second-order valence-corrected chi connectivity index (χ2v) is 12.6. The van der Waals surface area contributed by atoms with E-state index in [1.165, 1.54) is 4.90 Å². The van der Waals surface area contributed by atoms with Crippen LogP contribution < -0.4 is 15.1 Å². The zero-order chi connectivity index (χ0) is 32.5. The zero-order valence-electron chi connectivity index (χ0n) is 26.8. The zero-order valence-corrected chi connectivity index (χ0v) is 26.8. The van der Waals surface area contributed by atoms with Crippen molar-refractivity contribution in [2.75, 3.05) is 42.6 Å². The van der Waals surface area contributed by atoms with Crippen molar-refractivity contribution in [1.29, 1.82) is 0 Å². The molecule has 2 saturated heterocycles. The number of hydrogen-bond acceptors (Lipinski definition) is 8. The van der Waals surface area contributed by atoms with Crippen LogP contribution in [0.15, 0.2) is 48.6 Å². The number of anilines is 2. The van der Waals surface area contributed by atoms with Gasteiger partial charge in [-0.2, -0.15) is 0 Å². The molecule has 0 aromatic heterocycles. The molecule has 0 unspecified atom stereocenters. The van der Waals surface area contributed by atoms with Crippen molar-refractivity contribution in [3.05, 3.63) is 48.6 Å². The highest BCUT2D eigenvalue weighted by Gasteiger charge is 2.72. The predicted molar refractivity (Wildman–Crippen MR) is 169 cm³/mol. The molecule has 1 aromatic carbocycles. The first-order chi connectivity index (χ1) is 21.6. The number of carbonyl (C=O) groups excluding carboxylic acids is 4. The molecular weight excluding hydrogens is 576 g/mol. The topological polar surface area (TPSA) is 129 Å². The van der Waals surface area contributed by atoms with Crippen molar-refractivity contribution in [2.45, 2.75) is 77.4 Å². The number of cyclic esters (lactones) is 1. The van der Waals surface area contributed by atoms with Crippen LogP contribution in [0.4, 0.5) is 11.4 Å². The van der Waals surface area contributed by atoms with E-state index in [9.17, 15) is 24.3 Å². The van der Waals surface area contributed by atoms with Gasteiger partial charge >= 0.3 is 5.97 Å². The van der Waals surface area contributed by atoms with Crippen molar-refractivity contribution < 1.29 is 33.8 Å². The minimum Gasteiger partial charge on any atom is -0.460 e. The van der Waals surface area contributed by atoms with E-state index < -0.39 is 53.6 Å². The fourth-order valence-corrected chi connectivity index (χ4v) is 7.24. The third kappa shape index (κ3) is 5.88. The number of amides is 3. The third-order valence-electron chi connectivity index (χ3n) is 9.58. The number of hydrogen-bond donors (Lipinski definition) is 2. The van der Waals surface area contributed by atoms with Gasteiger partial charge in [0, 0.05) is 37.4 Å². The van der Waals surface area contributed by atoms with E-state index in [1.807, 2.05) is 44.2 Å². The molecule has 4 aliphatic rings. The summed E-state index contributed by atoms with van der Waals surface area (Å²) in [7, 11) is 0. The van der Waals surface area contributed by atoms with Crippen LogP contribution >= 0.6 is 0 Å². The average molecular weight is 623 g/mol. The molecule has 3 amide bonds. The Bertz CT molecular complexity index is 1340. The summed E-state index contributed by atoms with van der Waals surface area (Å²) in [6.45, 7) is 11.4. The Kier molecular flexibility index (Phi) is 9.69. The largest absolute Gasteiger partial charge is 0.460 e. The first kappa shape index (κ1) is 32.7. The van der Waals surface area contributed by atoms with Crippen LogP contribution in [0.3, 0.4) is 0 Å². The van der Waals surface area contributed by atoms with Crippen LogP contribution in [0.25, 0.3) is 0 Å².